The molecular formula is C15H21N3OS2. The van der Waals surface area contributed by atoms with Crippen LogP contribution < -0.4 is 16.0 Å². The lowest BCUT2D eigenvalue weighted by Gasteiger charge is -2.28. The van der Waals surface area contributed by atoms with Crippen molar-refractivity contribution in [2.24, 2.45) is 0 Å². The van der Waals surface area contributed by atoms with Gasteiger partial charge in [0.1, 0.15) is 4.88 Å². The maximum Gasteiger partial charge on any atom is 0.263 e. The molecular weight excluding hydrogens is 302 g/mol. The first kappa shape index (κ1) is 13.8. The summed E-state index contributed by atoms with van der Waals surface area (Å²) in [4.78, 5) is 15.6. The summed E-state index contributed by atoms with van der Waals surface area (Å²) in [7, 11) is 0. The van der Waals surface area contributed by atoms with Gasteiger partial charge < -0.3 is 16.0 Å². The molecule has 6 heteroatoms. The zero-order valence-corrected chi connectivity index (χ0v) is 13.7. The lowest BCUT2D eigenvalue weighted by molar-refractivity contribution is 0.0956. The van der Waals surface area contributed by atoms with Crippen molar-refractivity contribution in [2.45, 2.75) is 37.6 Å². The maximum atomic E-state index is 12.4. The van der Waals surface area contributed by atoms with Crippen LogP contribution in [0.25, 0.3) is 0 Å². The van der Waals surface area contributed by atoms with Crippen LogP contribution in [0.3, 0.4) is 0 Å². The second-order valence-electron chi connectivity index (χ2n) is 6.19. The summed E-state index contributed by atoms with van der Waals surface area (Å²) in [6.07, 6.45) is 4.67. The Hall–Kier alpha value is -0.880. The number of nitrogen functional groups attached to an aromatic ring is 1. The van der Waals surface area contributed by atoms with Crippen LogP contribution in [0.2, 0.25) is 0 Å². The van der Waals surface area contributed by atoms with Gasteiger partial charge in [-0.15, -0.1) is 11.3 Å². The van der Waals surface area contributed by atoms with Gasteiger partial charge in [-0.25, -0.2) is 0 Å². The highest BCUT2D eigenvalue weighted by Gasteiger charge is 2.35. The van der Waals surface area contributed by atoms with Gasteiger partial charge in [-0.2, -0.15) is 11.8 Å². The van der Waals surface area contributed by atoms with Crippen LogP contribution >= 0.6 is 23.1 Å². The Balaban J connectivity index is 1.65. The molecule has 2 aliphatic carbocycles. The normalized spacial score (nSPS) is 22.4. The molecule has 4 rings (SSSR count). The van der Waals surface area contributed by atoms with Gasteiger partial charge in [-0.3, -0.25) is 4.79 Å². The molecule has 0 spiro atoms. The van der Waals surface area contributed by atoms with E-state index in [4.69, 9.17) is 5.73 Å². The Morgan fingerprint density at radius 2 is 1.90 bits per heavy atom. The molecule has 1 aromatic rings. The van der Waals surface area contributed by atoms with Gasteiger partial charge in [0.2, 0.25) is 0 Å². The maximum absolute atomic E-state index is 12.4. The molecule has 1 amide bonds. The highest BCUT2D eigenvalue weighted by molar-refractivity contribution is 7.99. The Bertz CT molecular complexity index is 558. The first-order valence-corrected chi connectivity index (χ1v) is 9.77. The van der Waals surface area contributed by atoms with Crippen LogP contribution in [0.1, 0.15) is 46.8 Å². The largest absolute Gasteiger partial charge is 0.397 e. The first-order valence-electron chi connectivity index (χ1n) is 7.79. The number of hydrogen-bond acceptors (Lipinski definition) is 5. The lowest BCUT2D eigenvalue weighted by Crippen LogP contribution is -2.32. The van der Waals surface area contributed by atoms with Crippen LogP contribution in [0.15, 0.2) is 0 Å². The molecule has 3 fully saturated rings. The lowest BCUT2D eigenvalue weighted by atomic mass is 10.1. The standard InChI is InChI=1S/C15H21N3OS2/c16-12-11(9-1-2-9)15(18-5-7-20-8-6-18)21-13(12)14(19)17-10-3-4-10/h9-10H,1-8,16H2,(H,17,19). The third-order valence-electron chi connectivity index (χ3n) is 4.37. The number of amides is 1. The van der Waals surface area contributed by atoms with Crippen molar-refractivity contribution in [3.8, 4) is 0 Å². The van der Waals surface area contributed by atoms with Gasteiger partial charge in [0.25, 0.3) is 5.91 Å². The molecule has 0 aromatic carbocycles. The molecule has 114 valence electrons. The Labute approximate surface area is 133 Å². The second-order valence-corrected chi connectivity index (χ2v) is 8.41. The summed E-state index contributed by atoms with van der Waals surface area (Å²) in [5.41, 5.74) is 8.40. The van der Waals surface area contributed by atoms with E-state index in [1.807, 2.05) is 11.8 Å². The van der Waals surface area contributed by atoms with Gasteiger partial charge >= 0.3 is 0 Å². The predicted octanol–water partition coefficient (Wildman–Crippen LogP) is 2.65. The molecule has 3 aliphatic rings. The SMILES string of the molecule is Nc1c(C(=O)NC2CC2)sc(N2CCSCC2)c1C1CC1. The highest BCUT2D eigenvalue weighted by atomic mass is 32.2. The van der Waals surface area contributed by atoms with Gasteiger partial charge in [0.15, 0.2) is 0 Å². The third-order valence-corrected chi connectivity index (χ3v) is 6.59. The minimum atomic E-state index is 0.0412. The molecule has 4 nitrogen and oxygen atoms in total. The molecule has 0 radical (unpaired) electrons. The highest BCUT2D eigenvalue weighted by Crippen LogP contribution is 2.52. The number of nitrogens with one attached hydrogen (secondary N) is 1. The van der Waals surface area contributed by atoms with Crippen molar-refractivity contribution >= 4 is 39.7 Å². The molecule has 21 heavy (non-hydrogen) atoms. The van der Waals surface area contributed by atoms with Crippen LogP contribution in [0.4, 0.5) is 10.7 Å². The van der Waals surface area contributed by atoms with Crippen molar-refractivity contribution < 1.29 is 4.79 Å². The monoisotopic (exact) mass is 323 g/mol. The smallest absolute Gasteiger partial charge is 0.263 e. The van der Waals surface area contributed by atoms with Crippen molar-refractivity contribution in [3.63, 3.8) is 0 Å². The number of carbonyl (C=O) groups is 1. The summed E-state index contributed by atoms with van der Waals surface area (Å²) in [6, 6.07) is 0.387. The molecule has 1 aliphatic heterocycles. The summed E-state index contributed by atoms with van der Waals surface area (Å²) < 4.78 is 0. The summed E-state index contributed by atoms with van der Waals surface area (Å²) in [6.45, 7) is 2.15. The van der Waals surface area contributed by atoms with Crippen molar-refractivity contribution in [1.29, 1.82) is 0 Å². The minimum absolute atomic E-state index is 0.0412. The van der Waals surface area contributed by atoms with E-state index in [-0.39, 0.29) is 5.91 Å². The molecule has 1 aromatic heterocycles. The summed E-state index contributed by atoms with van der Waals surface area (Å²) >= 11 is 3.63. The predicted molar refractivity (Wildman–Crippen MR) is 90.7 cm³/mol. The van der Waals surface area contributed by atoms with Gasteiger partial charge in [0, 0.05) is 36.2 Å². The van der Waals surface area contributed by atoms with Crippen LogP contribution in [-0.2, 0) is 0 Å². The van der Waals surface area contributed by atoms with Gasteiger partial charge in [-0.05, 0) is 31.6 Å². The second kappa shape index (κ2) is 5.39. The first-order chi connectivity index (χ1) is 10.2. The fourth-order valence-electron chi connectivity index (χ4n) is 2.86. The molecule has 0 unspecified atom stereocenters. The fraction of sp³-hybridized carbons (Fsp3) is 0.667. The Kier molecular flexibility index (Phi) is 3.53. The van der Waals surface area contributed by atoms with E-state index in [1.165, 1.54) is 34.9 Å². The van der Waals surface area contributed by atoms with Crippen LogP contribution in [-0.4, -0.2) is 36.5 Å². The number of nitrogens with two attached hydrogens (primary N) is 1. The number of thioether (sulfide) groups is 1. The number of carbonyl (C=O) groups excluding carboxylic acids is 1. The van der Waals surface area contributed by atoms with E-state index in [0.29, 0.717) is 12.0 Å². The van der Waals surface area contributed by atoms with Crippen LogP contribution in [0.5, 0.6) is 0 Å². The molecule has 3 N–H and O–H groups in total. The average molecular weight is 323 g/mol. The number of rotatable bonds is 4. The zero-order chi connectivity index (χ0) is 14.4. The third kappa shape index (κ3) is 2.75. The Morgan fingerprint density at radius 3 is 2.52 bits per heavy atom. The van der Waals surface area contributed by atoms with Gasteiger partial charge in [-0.1, -0.05) is 0 Å². The van der Waals surface area contributed by atoms with E-state index in [0.717, 1.165) is 36.5 Å². The zero-order valence-electron chi connectivity index (χ0n) is 12.1. The van der Waals surface area contributed by atoms with E-state index in [2.05, 4.69) is 10.2 Å². The number of hydrogen-bond donors (Lipinski definition) is 2. The van der Waals surface area contributed by atoms with E-state index in [9.17, 15) is 4.79 Å². The van der Waals surface area contributed by atoms with Gasteiger partial charge in [0.05, 0.1) is 10.7 Å². The Morgan fingerprint density at radius 1 is 1.19 bits per heavy atom. The van der Waals surface area contributed by atoms with E-state index in [1.54, 1.807) is 11.3 Å². The van der Waals surface area contributed by atoms with E-state index >= 15 is 0 Å². The molecule has 2 saturated carbocycles. The summed E-state index contributed by atoms with van der Waals surface area (Å²) in [5, 5.41) is 4.36. The van der Waals surface area contributed by atoms with Crippen molar-refractivity contribution in [3.05, 3.63) is 10.4 Å². The molecule has 2 heterocycles. The fourth-order valence-corrected chi connectivity index (χ4v) is 5.03. The van der Waals surface area contributed by atoms with Crippen molar-refractivity contribution in [2.75, 3.05) is 35.2 Å². The number of nitrogens with zero attached hydrogens (tertiary/aromatic N) is 1. The quantitative estimate of drug-likeness (QED) is 0.894. The minimum Gasteiger partial charge on any atom is -0.397 e. The molecule has 0 atom stereocenters. The van der Waals surface area contributed by atoms with E-state index < -0.39 is 0 Å². The topological polar surface area (TPSA) is 58.4 Å². The van der Waals surface area contributed by atoms with Crippen molar-refractivity contribution in [1.82, 2.24) is 5.32 Å². The average Bonchev–Trinajstić information content (AvgIpc) is 3.40. The summed E-state index contributed by atoms with van der Waals surface area (Å²) in [5.74, 6) is 2.98. The number of thiophene rings is 1. The molecule has 0 bridgehead atoms. The molecule has 1 saturated heterocycles. The number of anilines is 2. The van der Waals surface area contributed by atoms with Crippen LogP contribution in [0, 0.1) is 0 Å².